The summed E-state index contributed by atoms with van der Waals surface area (Å²) >= 11 is 0. The summed E-state index contributed by atoms with van der Waals surface area (Å²) in [6.07, 6.45) is 4.99. The first-order valence-corrected chi connectivity index (χ1v) is 11.1. The lowest BCUT2D eigenvalue weighted by molar-refractivity contribution is -0.121. The zero-order valence-electron chi connectivity index (χ0n) is 19.0. The summed E-state index contributed by atoms with van der Waals surface area (Å²) < 4.78 is 11.6. The van der Waals surface area contributed by atoms with Crippen molar-refractivity contribution in [1.29, 1.82) is 0 Å². The third-order valence-corrected chi connectivity index (χ3v) is 5.64. The molecule has 0 atom stereocenters. The number of benzene rings is 3. The SMILES string of the molecule is O=C1C=CC(=O)N1c1ccc(OCc2ccc(COc3ccc(N4C(=O)C=CC4=O)cc3)cc2)cc1. The van der Waals surface area contributed by atoms with E-state index in [4.69, 9.17) is 9.47 Å². The Morgan fingerprint density at radius 1 is 0.444 bits per heavy atom. The molecule has 2 aliphatic heterocycles. The number of ether oxygens (including phenoxy) is 2. The fourth-order valence-electron chi connectivity index (χ4n) is 3.76. The molecule has 178 valence electrons. The molecule has 2 aliphatic rings. The van der Waals surface area contributed by atoms with E-state index >= 15 is 0 Å². The van der Waals surface area contributed by atoms with Gasteiger partial charge in [0.25, 0.3) is 23.6 Å². The van der Waals surface area contributed by atoms with Crippen LogP contribution in [-0.4, -0.2) is 23.6 Å². The summed E-state index contributed by atoms with van der Waals surface area (Å²) in [6, 6.07) is 21.3. The molecule has 0 saturated heterocycles. The average Bonchev–Trinajstić information content (AvgIpc) is 3.42. The summed E-state index contributed by atoms with van der Waals surface area (Å²) in [6.45, 7) is 0.710. The Kier molecular flexibility index (Phi) is 6.15. The van der Waals surface area contributed by atoms with Gasteiger partial charge in [-0.2, -0.15) is 0 Å². The van der Waals surface area contributed by atoms with Gasteiger partial charge in [0.05, 0.1) is 11.4 Å². The number of hydrogen-bond donors (Lipinski definition) is 0. The standard InChI is InChI=1S/C28H20N2O6/c31-25-13-14-26(32)29(25)21-5-9-23(10-6-21)35-17-19-1-2-20(4-3-19)18-36-24-11-7-22(8-12-24)30-27(33)15-16-28(30)34/h1-16H,17-18H2. The topological polar surface area (TPSA) is 93.2 Å². The zero-order valence-corrected chi connectivity index (χ0v) is 19.0. The van der Waals surface area contributed by atoms with E-state index in [2.05, 4.69) is 0 Å². The second kappa shape index (κ2) is 9.71. The minimum atomic E-state index is -0.359. The number of rotatable bonds is 8. The first-order valence-electron chi connectivity index (χ1n) is 11.1. The van der Waals surface area contributed by atoms with Crippen LogP contribution in [-0.2, 0) is 32.4 Å². The van der Waals surface area contributed by atoms with Crippen molar-refractivity contribution in [2.45, 2.75) is 13.2 Å². The Morgan fingerprint density at radius 3 is 1.06 bits per heavy atom. The van der Waals surface area contributed by atoms with E-state index in [1.807, 2.05) is 24.3 Å². The van der Waals surface area contributed by atoms with Crippen LogP contribution in [0.4, 0.5) is 11.4 Å². The van der Waals surface area contributed by atoms with Crippen LogP contribution in [0.3, 0.4) is 0 Å². The van der Waals surface area contributed by atoms with E-state index < -0.39 is 0 Å². The Morgan fingerprint density at radius 2 is 0.750 bits per heavy atom. The first-order chi connectivity index (χ1) is 17.5. The number of imide groups is 2. The number of carbonyl (C=O) groups excluding carboxylic acids is 4. The van der Waals surface area contributed by atoms with E-state index in [-0.39, 0.29) is 23.6 Å². The lowest BCUT2D eigenvalue weighted by atomic mass is 10.1. The predicted octanol–water partition coefficient (Wildman–Crippen LogP) is 3.70. The molecule has 3 aromatic carbocycles. The summed E-state index contributed by atoms with van der Waals surface area (Å²) in [5.41, 5.74) is 2.93. The van der Waals surface area contributed by atoms with Crippen molar-refractivity contribution in [2.75, 3.05) is 9.80 Å². The van der Waals surface area contributed by atoms with Gasteiger partial charge in [-0.15, -0.1) is 0 Å². The molecule has 0 radical (unpaired) electrons. The molecule has 4 amide bonds. The maximum atomic E-state index is 11.8. The minimum Gasteiger partial charge on any atom is -0.489 e. The molecule has 8 heteroatoms. The van der Waals surface area contributed by atoms with Gasteiger partial charge < -0.3 is 9.47 Å². The first kappa shape index (κ1) is 22.8. The van der Waals surface area contributed by atoms with Crippen LogP contribution in [0.5, 0.6) is 11.5 Å². The third kappa shape index (κ3) is 4.78. The van der Waals surface area contributed by atoms with Crippen LogP contribution in [0.1, 0.15) is 11.1 Å². The quantitative estimate of drug-likeness (QED) is 0.457. The molecule has 0 aromatic heterocycles. The van der Waals surface area contributed by atoms with Crippen molar-refractivity contribution in [3.05, 3.63) is 108 Å². The molecule has 36 heavy (non-hydrogen) atoms. The van der Waals surface area contributed by atoms with Crippen LogP contribution in [0.2, 0.25) is 0 Å². The number of carbonyl (C=O) groups is 4. The van der Waals surface area contributed by atoms with Crippen molar-refractivity contribution in [1.82, 2.24) is 0 Å². The van der Waals surface area contributed by atoms with Gasteiger partial charge in [-0.05, 0) is 59.7 Å². The average molecular weight is 480 g/mol. The lowest BCUT2D eigenvalue weighted by Gasteiger charge is -2.15. The molecule has 0 spiro atoms. The Labute approximate surface area is 206 Å². The van der Waals surface area contributed by atoms with E-state index in [9.17, 15) is 19.2 Å². The van der Waals surface area contributed by atoms with Crippen LogP contribution in [0.15, 0.2) is 97.1 Å². The van der Waals surface area contributed by atoms with Crippen molar-refractivity contribution >= 4 is 35.0 Å². The van der Waals surface area contributed by atoms with Crippen LogP contribution in [0, 0.1) is 0 Å². The van der Waals surface area contributed by atoms with Gasteiger partial charge in [-0.1, -0.05) is 24.3 Å². The second-order valence-electron chi connectivity index (χ2n) is 8.07. The molecule has 2 heterocycles. The fourth-order valence-corrected chi connectivity index (χ4v) is 3.76. The number of anilines is 2. The molecule has 0 fully saturated rings. The summed E-state index contributed by atoms with van der Waals surface area (Å²) in [5.74, 6) is -0.195. The van der Waals surface area contributed by atoms with E-state index in [0.29, 0.717) is 36.1 Å². The molecule has 0 bridgehead atoms. The van der Waals surface area contributed by atoms with Crippen LogP contribution in [0.25, 0.3) is 0 Å². The molecule has 0 aliphatic carbocycles. The Balaban J connectivity index is 1.11. The van der Waals surface area contributed by atoms with Crippen molar-refractivity contribution in [2.24, 2.45) is 0 Å². The highest BCUT2D eigenvalue weighted by molar-refractivity contribution is 6.28. The molecular formula is C28H20N2O6. The van der Waals surface area contributed by atoms with Crippen LogP contribution >= 0.6 is 0 Å². The summed E-state index contributed by atoms with van der Waals surface area (Å²) in [7, 11) is 0. The van der Waals surface area contributed by atoms with Gasteiger partial charge in [0.15, 0.2) is 0 Å². The molecular weight excluding hydrogens is 460 g/mol. The lowest BCUT2D eigenvalue weighted by Crippen LogP contribution is -2.29. The van der Waals surface area contributed by atoms with Crippen molar-refractivity contribution < 1.29 is 28.7 Å². The highest BCUT2D eigenvalue weighted by Crippen LogP contribution is 2.24. The maximum Gasteiger partial charge on any atom is 0.258 e. The highest BCUT2D eigenvalue weighted by atomic mass is 16.5. The van der Waals surface area contributed by atoms with E-state index in [1.54, 1.807) is 48.5 Å². The maximum absolute atomic E-state index is 11.8. The van der Waals surface area contributed by atoms with Crippen molar-refractivity contribution in [3.8, 4) is 11.5 Å². The summed E-state index contributed by atoms with van der Waals surface area (Å²) in [5, 5.41) is 0. The van der Waals surface area contributed by atoms with Gasteiger partial charge in [-0.3, -0.25) is 19.2 Å². The minimum absolute atomic E-state index is 0.355. The smallest absolute Gasteiger partial charge is 0.258 e. The largest absolute Gasteiger partial charge is 0.489 e. The van der Waals surface area contributed by atoms with Gasteiger partial charge in [0.2, 0.25) is 0 Å². The molecule has 0 unspecified atom stereocenters. The van der Waals surface area contributed by atoms with Crippen molar-refractivity contribution in [3.63, 3.8) is 0 Å². The number of amides is 4. The molecule has 5 rings (SSSR count). The van der Waals surface area contributed by atoms with Gasteiger partial charge in [0, 0.05) is 24.3 Å². The molecule has 0 N–H and O–H groups in total. The van der Waals surface area contributed by atoms with Crippen LogP contribution < -0.4 is 19.3 Å². The zero-order chi connectivity index (χ0) is 25.1. The Hall–Kier alpha value is -4.98. The fraction of sp³-hybridized carbons (Fsp3) is 0.0714. The number of nitrogens with zero attached hydrogens (tertiary/aromatic N) is 2. The predicted molar refractivity (Wildman–Crippen MR) is 131 cm³/mol. The van der Waals surface area contributed by atoms with Gasteiger partial charge >= 0.3 is 0 Å². The normalized spacial score (nSPS) is 14.8. The van der Waals surface area contributed by atoms with Gasteiger partial charge in [-0.25, -0.2) is 9.80 Å². The monoisotopic (exact) mass is 480 g/mol. The highest BCUT2D eigenvalue weighted by Gasteiger charge is 2.25. The second-order valence-corrected chi connectivity index (χ2v) is 8.07. The third-order valence-electron chi connectivity index (χ3n) is 5.64. The molecule has 0 saturated carbocycles. The van der Waals surface area contributed by atoms with Gasteiger partial charge in [0.1, 0.15) is 24.7 Å². The summed E-state index contributed by atoms with van der Waals surface area (Å²) in [4.78, 5) is 49.3. The molecule has 8 nitrogen and oxygen atoms in total. The van der Waals surface area contributed by atoms with E-state index in [1.165, 1.54) is 24.3 Å². The molecule has 3 aromatic rings. The number of hydrogen-bond acceptors (Lipinski definition) is 6. The Bertz CT molecular complexity index is 1240. The van der Waals surface area contributed by atoms with E-state index in [0.717, 1.165) is 20.9 Å².